The molecule has 1 aliphatic rings. The van der Waals surface area contributed by atoms with E-state index >= 15 is 0 Å². The van der Waals surface area contributed by atoms with Crippen LogP contribution in [0.3, 0.4) is 0 Å². The predicted octanol–water partition coefficient (Wildman–Crippen LogP) is 5.71. The summed E-state index contributed by atoms with van der Waals surface area (Å²) in [7, 11) is 0. The van der Waals surface area contributed by atoms with E-state index in [1.165, 1.54) is 0 Å². The molecule has 0 atom stereocenters. The molecule has 148 valence electrons. The zero-order valence-corrected chi connectivity index (χ0v) is 18.1. The highest BCUT2D eigenvalue weighted by atomic mass is 32.2. The number of rotatable bonds is 4. The fourth-order valence-corrected chi connectivity index (χ4v) is 5.94. The molecule has 0 amide bonds. The normalized spacial score (nSPS) is 14.1. The number of hydrogen-bond acceptors (Lipinski definition) is 6. The van der Waals surface area contributed by atoms with Crippen molar-refractivity contribution in [3.63, 3.8) is 0 Å². The van der Waals surface area contributed by atoms with Gasteiger partial charge in [0.2, 0.25) is 0 Å². The van der Waals surface area contributed by atoms with Crippen molar-refractivity contribution in [2.75, 3.05) is 18.1 Å². The summed E-state index contributed by atoms with van der Waals surface area (Å²) in [6.07, 6.45) is 4.66. The van der Waals surface area contributed by atoms with E-state index < -0.39 is 0 Å². The zero-order valence-electron chi connectivity index (χ0n) is 16.5. The van der Waals surface area contributed by atoms with Gasteiger partial charge in [-0.2, -0.15) is 0 Å². The van der Waals surface area contributed by atoms with E-state index in [1.54, 1.807) is 35.9 Å². The number of aryl methyl sites for hydroxylation is 1. The highest BCUT2D eigenvalue weighted by Crippen LogP contribution is 2.43. The predicted molar refractivity (Wildman–Crippen MR) is 123 cm³/mol. The van der Waals surface area contributed by atoms with E-state index in [0.29, 0.717) is 12.2 Å². The molecule has 1 aliphatic heterocycles. The van der Waals surface area contributed by atoms with E-state index in [-0.39, 0.29) is 5.97 Å². The summed E-state index contributed by atoms with van der Waals surface area (Å²) in [5.74, 6) is 1.77. The van der Waals surface area contributed by atoms with Crippen LogP contribution in [0.1, 0.15) is 24.5 Å². The van der Waals surface area contributed by atoms with Crippen LogP contribution in [-0.2, 0) is 9.53 Å². The maximum absolute atomic E-state index is 13.1. The Kier molecular flexibility index (Phi) is 6.21. The van der Waals surface area contributed by atoms with Crippen LogP contribution >= 0.6 is 23.5 Å². The van der Waals surface area contributed by atoms with E-state index in [1.807, 2.05) is 31.2 Å². The molecule has 0 spiro atoms. The smallest absolute Gasteiger partial charge is 0.340 e. The lowest BCUT2D eigenvalue weighted by atomic mass is 9.98. The molecule has 3 aromatic rings. The van der Waals surface area contributed by atoms with Gasteiger partial charge in [0.05, 0.1) is 27.6 Å². The largest absolute Gasteiger partial charge is 0.462 e. The molecule has 0 unspecified atom stereocenters. The van der Waals surface area contributed by atoms with Gasteiger partial charge in [0.25, 0.3) is 0 Å². The van der Waals surface area contributed by atoms with Gasteiger partial charge in [0.1, 0.15) is 0 Å². The SMILES string of the molecule is CCOC(=O)C(=C1SCCCS1)c1cc(-c2ccncc2)nc2ccc(C)cc12. The summed E-state index contributed by atoms with van der Waals surface area (Å²) in [5.41, 5.74) is 5.35. The summed E-state index contributed by atoms with van der Waals surface area (Å²) < 4.78 is 6.53. The van der Waals surface area contributed by atoms with Crippen LogP contribution < -0.4 is 0 Å². The monoisotopic (exact) mass is 422 g/mol. The summed E-state index contributed by atoms with van der Waals surface area (Å²) in [6, 6.07) is 12.1. The Balaban J connectivity index is 2.00. The number of benzene rings is 1. The topological polar surface area (TPSA) is 52.1 Å². The third kappa shape index (κ3) is 4.33. The molecule has 0 saturated carbocycles. The molecular weight excluding hydrogens is 400 g/mol. The average Bonchev–Trinajstić information content (AvgIpc) is 2.75. The highest BCUT2D eigenvalue weighted by molar-refractivity contribution is 8.23. The fraction of sp³-hybridized carbons (Fsp3) is 0.261. The summed E-state index contributed by atoms with van der Waals surface area (Å²) in [5, 5.41) is 0.977. The molecule has 0 aliphatic carbocycles. The summed E-state index contributed by atoms with van der Waals surface area (Å²) >= 11 is 3.49. The van der Waals surface area contributed by atoms with E-state index in [0.717, 1.165) is 55.5 Å². The van der Waals surface area contributed by atoms with Gasteiger partial charge in [0, 0.05) is 28.9 Å². The summed E-state index contributed by atoms with van der Waals surface area (Å²) in [4.78, 5) is 22.1. The zero-order chi connectivity index (χ0) is 20.2. The van der Waals surface area contributed by atoms with Crippen LogP contribution in [0.25, 0.3) is 27.7 Å². The first-order chi connectivity index (χ1) is 14.2. The van der Waals surface area contributed by atoms with Crippen molar-refractivity contribution >= 4 is 46.0 Å². The number of pyridine rings is 2. The molecule has 1 aromatic carbocycles. The quantitative estimate of drug-likeness (QED) is 0.397. The van der Waals surface area contributed by atoms with Gasteiger partial charge in [0.15, 0.2) is 0 Å². The molecule has 3 heterocycles. The number of fused-ring (bicyclic) bond motifs is 1. The van der Waals surface area contributed by atoms with Crippen molar-refractivity contribution in [1.82, 2.24) is 9.97 Å². The molecular formula is C23H22N2O2S2. The maximum atomic E-state index is 13.1. The second kappa shape index (κ2) is 9.01. The van der Waals surface area contributed by atoms with Gasteiger partial charge >= 0.3 is 5.97 Å². The van der Waals surface area contributed by atoms with Gasteiger partial charge < -0.3 is 4.74 Å². The Bertz CT molecular complexity index is 1070. The van der Waals surface area contributed by atoms with E-state index in [4.69, 9.17) is 9.72 Å². The first-order valence-electron chi connectivity index (χ1n) is 9.66. The number of carbonyl (C=O) groups excluding carboxylic acids is 1. The Morgan fingerprint density at radius 1 is 1.10 bits per heavy atom. The lowest BCUT2D eigenvalue weighted by molar-refractivity contribution is -0.136. The van der Waals surface area contributed by atoms with Gasteiger partial charge in [-0.15, -0.1) is 23.5 Å². The number of thioether (sulfide) groups is 2. The van der Waals surface area contributed by atoms with E-state index in [2.05, 4.69) is 24.0 Å². The molecule has 4 nitrogen and oxygen atoms in total. The minimum atomic E-state index is -0.265. The third-order valence-electron chi connectivity index (χ3n) is 4.65. The molecule has 4 rings (SSSR count). The Labute approximate surface area is 179 Å². The third-order valence-corrected chi connectivity index (χ3v) is 7.27. The van der Waals surface area contributed by atoms with Crippen molar-refractivity contribution in [3.05, 3.63) is 64.2 Å². The van der Waals surface area contributed by atoms with Crippen LogP contribution in [0, 0.1) is 6.92 Å². The first kappa shape index (κ1) is 20.0. The maximum Gasteiger partial charge on any atom is 0.340 e. The number of nitrogens with zero attached hydrogens (tertiary/aromatic N) is 2. The second-order valence-corrected chi connectivity index (χ2v) is 9.21. The number of esters is 1. The molecule has 0 radical (unpaired) electrons. The van der Waals surface area contributed by atoms with Crippen LogP contribution in [0.15, 0.2) is 53.0 Å². The Morgan fingerprint density at radius 2 is 1.86 bits per heavy atom. The average molecular weight is 423 g/mol. The molecule has 1 fully saturated rings. The van der Waals surface area contributed by atoms with Crippen LogP contribution in [0.2, 0.25) is 0 Å². The van der Waals surface area contributed by atoms with Crippen molar-refractivity contribution in [3.8, 4) is 11.3 Å². The number of hydrogen-bond donors (Lipinski definition) is 0. The van der Waals surface area contributed by atoms with E-state index in [9.17, 15) is 4.79 Å². The first-order valence-corrected chi connectivity index (χ1v) is 11.6. The van der Waals surface area contributed by atoms with Crippen molar-refractivity contribution in [2.45, 2.75) is 20.3 Å². The molecule has 6 heteroatoms. The van der Waals surface area contributed by atoms with Gasteiger partial charge in [-0.25, -0.2) is 9.78 Å². The number of aromatic nitrogens is 2. The van der Waals surface area contributed by atoms with Gasteiger partial charge in [-0.3, -0.25) is 4.98 Å². The Morgan fingerprint density at radius 3 is 2.59 bits per heavy atom. The molecule has 29 heavy (non-hydrogen) atoms. The van der Waals surface area contributed by atoms with Crippen molar-refractivity contribution < 1.29 is 9.53 Å². The van der Waals surface area contributed by atoms with Crippen molar-refractivity contribution in [2.24, 2.45) is 0 Å². The molecule has 1 saturated heterocycles. The molecule has 0 N–H and O–H groups in total. The van der Waals surface area contributed by atoms with Gasteiger partial charge in [-0.05, 0) is 62.1 Å². The van der Waals surface area contributed by atoms with Crippen molar-refractivity contribution in [1.29, 1.82) is 0 Å². The van der Waals surface area contributed by atoms with Gasteiger partial charge in [-0.1, -0.05) is 11.6 Å². The van der Waals surface area contributed by atoms with Crippen LogP contribution in [0.5, 0.6) is 0 Å². The standard InChI is InChI=1S/C23H22N2O2S2/c1-3-27-22(26)21(23-28-11-4-12-29-23)18-14-20(16-7-9-24-10-8-16)25-19-6-5-15(2)13-17(18)19/h5-10,13-14H,3-4,11-12H2,1-2H3. The Hall–Kier alpha value is -2.31. The van der Waals surface area contributed by atoms with Crippen LogP contribution in [-0.4, -0.2) is 34.0 Å². The number of ether oxygens (including phenoxy) is 1. The number of carbonyl (C=O) groups is 1. The second-order valence-electron chi connectivity index (χ2n) is 6.74. The fourth-order valence-electron chi connectivity index (χ4n) is 3.30. The lowest BCUT2D eigenvalue weighted by Gasteiger charge is -2.19. The lowest BCUT2D eigenvalue weighted by Crippen LogP contribution is -2.10. The molecule has 2 aromatic heterocycles. The minimum absolute atomic E-state index is 0.265. The summed E-state index contributed by atoms with van der Waals surface area (Å²) in [6.45, 7) is 4.25. The molecule has 0 bridgehead atoms. The highest BCUT2D eigenvalue weighted by Gasteiger charge is 2.24. The minimum Gasteiger partial charge on any atom is -0.462 e. The van der Waals surface area contributed by atoms with Crippen LogP contribution in [0.4, 0.5) is 0 Å².